The number of aromatic nitrogens is 3. The number of hydrogen-bond donors (Lipinski definition) is 2. The minimum atomic E-state index is -0.300. The van der Waals surface area contributed by atoms with Crippen LogP contribution in [0.4, 0.5) is 17.6 Å². The Balaban J connectivity index is 1.92. The van der Waals surface area contributed by atoms with Crippen molar-refractivity contribution < 1.29 is 4.79 Å². The SMILES string of the molecule is Nc1nc(Nc2ccccc2)nc(C(=O)c2ccccc2)n1. The molecule has 0 unspecified atom stereocenters. The van der Waals surface area contributed by atoms with E-state index < -0.39 is 0 Å². The van der Waals surface area contributed by atoms with Gasteiger partial charge in [-0.2, -0.15) is 15.0 Å². The van der Waals surface area contributed by atoms with E-state index in [2.05, 4.69) is 20.3 Å². The molecule has 3 aromatic rings. The van der Waals surface area contributed by atoms with Gasteiger partial charge in [-0.1, -0.05) is 48.5 Å². The van der Waals surface area contributed by atoms with E-state index in [4.69, 9.17) is 5.73 Å². The average molecular weight is 291 g/mol. The molecule has 22 heavy (non-hydrogen) atoms. The summed E-state index contributed by atoms with van der Waals surface area (Å²) in [7, 11) is 0. The number of ketones is 1. The predicted octanol–water partition coefficient (Wildman–Crippen LogP) is 2.43. The van der Waals surface area contributed by atoms with Crippen LogP contribution in [0.15, 0.2) is 60.7 Å². The number of anilines is 3. The van der Waals surface area contributed by atoms with Crippen LogP contribution < -0.4 is 11.1 Å². The maximum atomic E-state index is 12.4. The summed E-state index contributed by atoms with van der Waals surface area (Å²) < 4.78 is 0. The molecule has 1 aromatic heterocycles. The van der Waals surface area contributed by atoms with Gasteiger partial charge in [-0.25, -0.2) is 0 Å². The second-order valence-electron chi connectivity index (χ2n) is 4.53. The van der Waals surface area contributed by atoms with Gasteiger partial charge in [-0.05, 0) is 12.1 Å². The van der Waals surface area contributed by atoms with Crippen molar-refractivity contribution in [2.24, 2.45) is 0 Å². The Labute approximate surface area is 127 Å². The molecule has 0 amide bonds. The molecule has 0 bridgehead atoms. The van der Waals surface area contributed by atoms with Crippen LogP contribution in [0.5, 0.6) is 0 Å². The number of carbonyl (C=O) groups is 1. The molecule has 0 saturated carbocycles. The van der Waals surface area contributed by atoms with Crippen LogP contribution in [0.1, 0.15) is 16.2 Å². The standard InChI is InChI=1S/C16H13N5O/c17-15-19-14(13(22)11-7-3-1-4-8-11)20-16(21-15)18-12-9-5-2-6-10-12/h1-10H,(H3,17,18,19,20,21). The lowest BCUT2D eigenvalue weighted by atomic mass is 10.1. The summed E-state index contributed by atoms with van der Waals surface area (Å²) in [6, 6.07) is 18.2. The topological polar surface area (TPSA) is 93.8 Å². The molecule has 108 valence electrons. The molecule has 0 aliphatic carbocycles. The summed E-state index contributed by atoms with van der Waals surface area (Å²) in [6.07, 6.45) is 0. The Hall–Kier alpha value is -3.28. The average Bonchev–Trinajstić information content (AvgIpc) is 2.55. The Morgan fingerprint density at radius 1 is 0.864 bits per heavy atom. The van der Waals surface area contributed by atoms with Gasteiger partial charge < -0.3 is 11.1 Å². The lowest BCUT2D eigenvalue weighted by Gasteiger charge is -2.06. The zero-order valence-electron chi connectivity index (χ0n) is 11.6. The molecule has 0 radical (unpaired) electrons. The highest BCUT2D eigenvalue weighted by Gasteiger charge is 2.14. The van der Waals surface area contributed by atoms with Crippen LogP contribution in [0, 0.1) is 0 Å². The number of benzene rings is 2. The van der Waals surface area contributed by atoms with Gasteiger partial charge in [0.15, 0.2) is 0 Å². The van der Waals surface area contributed by atoms with E-state index in [1.54, 1.807) is 24.3 Å². The Morgan fingerprint density at radius 2 is 1.50 bits per heavy atom. The van der Waals surface area contributed by atoms with Gasteiger partial charge in [0.2, 0.25) is 23.5 Å². The van der Waals surface area contributed by atoms with Crippen molar-refractivity contribution in [3.63, 3.8) is 0 Å². The van der Waals surface area contributed by atoms with Gasteiger partial charge in [0, 0.05) is 11.3 Å². The molecule has 0 fully saturated rings. The van der Waals surface area contributed by atoms with E-state index in [9.17, 15) is 4.79 Å². The maximum Gasteiger partial charge on any atom is 0.232 e. The van der Waals surface area contributed by atoms with Crippen LogP contribution >= 0.6 is 0 Å². The third kappa shape index (κ3) is 3.06. The summed E-state index contributed by atoms with van der Waals surface area (Å²) in [5.74, 6) is -0.0614. The van der Waals surface area contributed by atoms with E-state index in [0.29, 0.717) is 5.56 Å². The Bertz CT molecular complexity index is 790. The Kier molecular flexibility index (Phi) is 3.74. The largest absolute Gasteiger partial charge is 0.368 e. The van der Waals surface area contributed by atoms with Crippen molar-refractivity contribution in [3.05, 3.63) is 72.1 Å². The summed E-state index contributed by atoms with van der Waals surface area (Å²) in [5, 5.41) is 3.00. The third-order valence-electron chi connectivity index (χ3n) is 2.92. The number of rotatable bonds is 4. The van der Waals surface area contributed by atoms with E-state index in [1.165, 1.54) is 0 Å². The molecule has 0 aliphatic rings. The van der Waals surface area contributed by atoms with E-state index in [1.807, 2.05) is 36.4 Å². The van der Waals surface area contributed by atoms with Crippen molar-refractivity contribution in [1.29, 1.82) is 0 Å². The second kappa shape index (κ2) is 6.01. The van der Waals surface area contributed by atoms with Crippen molar-refractivity contribution in [2.45, 2.75) is 0 Å². The summed E-state index contributed by atoms with van der Waals surface area (Å²) in [6.45, 7) is 0. The number of nitrogens with one attached hydrogen (secondary N) is 1. The number of nitrogens with zero attached hydrogens (tertiary/aromatic N) is 3. The van der Waals surface area contributed by atoms with E-state index in [-0.39, 0.29) is 23.5 Å². The van der Waals surface area contributed by atoms with Crippen molar-refractivity contribution in [1.82, 2.24) is 15.0 Å². The van der Waals surface area contributed by atoms with Crippen LogP contribution in [0.25, 0.3) is 0 Å². The molecule has 1 heterocycles. The van der Waals surface area contributed by atoms with Gasteiger partial charge in [-0.3, -0.25) is 4.79 Å². The first-order chi connectivity index (χ1) is 10.7. The lowest BCUT2D eigenvalue weighted by molar-refractivity contribution is 0.102. The summed E-state index contributed by atoms with van der Waals surface area (Å²) in [4.78, 5) is 24.4. The fourth-order valence-electron chi connectivity index (χ4n) is 1.92. The van der Waals surface area contributed by atoms with E-state index in [0.717, 1.165) is 5.69 Å². The smallest absolute Gasteiger partial charge is 0.232 e. The lowest BCUT2D eigenvalue weighted by Crippen LogP contribution is -2.12. The fraction of sp³-hybridized carbons (Fsp3) is 0. The van der Waals surface area contributed by atoms with Crippen molar-refractivity contribution in [2.75, 3.05) is 11.1 Å². The fourth-order valence-corrected chi connectivity index (χ4v) is 1.92. The van der Waals surface area contributed by atoms with Crippen molar-refractivity contribution in [3.8, 4) is 0 Å². The summed E-state index contributed by atoms with van der Waals surface area (Å²) >= 11 is 0. The van der Waals surface area contributed by atoms with Crippen LogP contribution in [0.3, 0.4) is 0 Å². The highest BCUT2D eigenvalue weighted by molar-refractivity contribution is 6.06. The Morgan fingerprint density at radius 3 is 2.18 bits per heavy atom. The molecule has 0 spiro atoms. The molecule has 0 atom stereocenters. The normalized spacial score (nSPS) is 10.2. The molecule has 0 saturated heterocycles. The molecule has 6 heteroatoms. The van der Waals surface area contributed by atoms with E-state index >= 15 is 0 Å². The first kappa shape index (κ1) is 13.7. The second-order valence-corrected chi connectivity index (χ2v) is 4.53. The monoisotopic (exact) mass is 291 g/mol. The zero-order valence-corrected chi connectivity index (χ0v) is 11.6. The molecule has 2 aromatic carbocycles. The van der Waals surface area contributed by atoms with Crippen molar-refractivity contribution >= 4 is 23.4 Å². The minimum absolute atomic E-state index is 0.00675. The molecule has 3 N–H and O–H groups in total. The van der Waals surface area contributed by atoms with Crippen LogP contribution in [0.2, 0.25) is 0 Å². The molecular weight excluding hydrogens is 278 g/mol. The highest BCUT2D eigenvalue weighted by Crippen LogP contribution is 2.14. The van der Waals surface area contributed by atoms with Gasteiger partial charge in [0.05, 0.1) is 0 Å². The molecule has 6 nitrogen and oxygen atoms in total. The number of nitrogens with two attached hydrogens (primary N) is 1. The summed E-state index contributed by atoms with van der Waals surface area (Å²) in [5.41, 5.74) is 6.97. The molecule has 3 rings (SSSR count). The number of carbonyl (C=O) groups excluding carboxylic acids is 1. The highest BCUT2D eigenvalue weighted by atomic mass is 16.1. The molecular formula is C16H13N5O. The first-order valence-corrected chi connectivity index (χ1v) is 6.66. The maximum absolute atomic E-state index is 12.4. The minimum Gasteiger partial charge on any atom is -0.368 e. The first-order valence-electron chi connectivity index (χ1n) is 6.66. The number of para-hydroxylation sites is 1. The molecule has 0 aliphatic heterocycles. The van der Waals surface area contributed by atoms with Crippen LogP contribution in [-0.2, 0) is 0 Å². The quantitative estimate of drug-likeness (QED) is 0.717. The van der Waals surface area contributed by atoms with Crippen LogP contribution in [-0.4, -0.2) is 20.7 Å². The zero-order chi connectivity index (χ0) is 15.4. The number of hydrogen-bond acceptors (Lipinski definition) is 6. The predicted molar refractivity (Wildman–Crippen MR) is 83.8 cm³/mol. The third-order valence-corrected chi connectivity index (χ3v) is 2.92. The number of nitrogen functional groups attached to an aromatic ring is 1. The van der Waals surface area contributed by atoms with Gasteiger partial charge in [-0.15, -0.1) is 0 Å². The van der Waals surface area contributed by atoms with Gasteiger partial charge in [0.25, 0.3) is 0 Å². The van der Waals surface area contributed by atoms with Gasteiger partial charge in [0.1, 0.15) is 0 Å². The van der Waals surface area contributed by atoms with Gasteiger partial charge >= 0.3 is 0 Å².